The van der Waals surface area contributed by atoms with Crippen LogP contribution in [0.15, 0.2) is 76.4 Å². The van der Waals surface area contributed by atoms with Crippen LogP contribution >= 0.6 is 0 Å². The van der Waals surface area contributed by atoms with Gasteiger partial charge in [-0.2, -0.15) is 5.10 Å². The number of hydrogen-bond donors (Lipinski definition) is 1. The molecular formula is C21H15F2N3O. The maximum atomic E-state index is 13.7. The number of para-hydroxylation sites is 1. The van der Waals surface area contributed by atoms with Gasteiger partial charge in [-0.25, -0.2) is 8.78 Å². The van der Waals surface area contributed by atoms with Gasteiger partial charge < -0.3 is 4.52 Å². The number of anilines is 1. The molecule has 0 radical (unpaired) electrons. The van der Waals surface area contributed by atoms with E-state index in [1.807, 2.05) is 25.1 Å². The average Bonchev–Trinajstić information content (AvgIpc) is 3.11. The monoisotopic (exact) mass is 363 g/mol. The maximum absolute atomic E-state index is 13.7. The van der Waals surface area contributed by atoms with E-state index < -0.39 is 0 Å². The van der Waals surface area contributed by atoms with E-state index in [4.69, 9.17) is 4.52 Å². The number of halogens is 2. The lowest BCUT2D eigenvalue weighted by molar-refractivity contribution is 0.441. The number of hydrazone groups is 1. The highest BCUT2D eigenvalue weighted by Gasteiger charge is 2.12. The van der Waals surface area contributed by atoms with E-state index in [0.29, 0.717) is 22.7 Å². The Kier molecular flexibility index (Phi) is 4.38. The molecule has 0 unspecified atom stereocenters. The van der Waals surface area contributed by atoms with Crippen LogP contribution in [0.1, 0.15) is 12.5 Å². The lowest BCUT2D eigenvalue weighted by Gasteiger charge is -2.05. The first-order valence-electron chi connectivity index (χ1n) is 8.32. The van der Waals surface area contributed by atoms with Crippen LogP contribution in [0.5, 0.6) is 0 Å². The molecule has 134 valence electrons. The predicted octanol–water partition coefficient (Wildman–Crippen LogP) is 5.61. The molecule has 0 aliphatic carbocycles. The molecule has 0 atom stereocenters. The molecule has 0 bridgehead atoms. The van der Waals surface area contributed by atoms with Gasteiger partial charge in [0.05, 0.1) is 16.8 Å². The van der Waals surface area contributed by atoms with E-state index in [2.05, 4.69) is 15.7 Å². The maximum Gasteiger partial charge on any atom is 0.174 e. The minimum atomic E-state index is -0.373. The molecule has 4 rings (SSSR count). The van der Waals surface area contributed by atoms with Crippen LogP contribution in [0, 0.1) is 11.6 Å². The van der Waals surface area contributed by atoms with Crippen LogP contribution in [0.25, 0.3) is 22.2 Å². The molecule has 0 saturated carbocycles. The average molecular weight is 363 g/mol. The molecule has 0 fully saturated rings. The Hall–Kier alpha value is -3.54. The number of benzene rings is 3. The third kappa shape index (κ3) is 3.42. The SMILES string of the molecule is C/C(=N\Nc1ccccc1F)c1ccc2noc(-c3ccc(F)cc3)c2c1. The van der Waals surface area contributed by atoms with Gasteiger partial charge in [0.2, 0.25) is 0 Å². The lowest BCUT2D eigenvalue weighted by Crippen LogP contribution is -2.00. The fourth-order valence-electron chi connectivity index (χ4n) is 2.74. The van der Waals surface area contributed by atoms with Crippen LogP contribution in [0.2, 0.25) is 0 Å². The standard InChI is InChI=1S/C21H15F2N3O/c1-13(24-25-20-5-3-2-4-18(20)23)15-8-11-19-17(12-15)21(27-26-19)14-6-9-16(22)10-7-14/h2-12,25H,1H3/b24-13+. The number of hydrogen-bond acceptors (Lipinski definition) is 4. The fraction of sp³-hybridized carbons (Fsp3) is 0.0476. The quantitative estimate of drug-likeness (QED) is 0.379. The third-order valence-electron chi connectivity index (χ3n) is 4.22. The van der Waals surface area contributed by atoms with Gasteiger partial charge in [-0.1, -0.05) is 23.4 Å². The van der Waals surface area contributed by atoms with Gasteiger partial charge in [0.15, 0.2) is 5.76 Å². The van der Waals surface area contributed by atoms with Crippen LogP contribution < -0.4 is 5.43 Å². The molecule has 4 nitrogen and oxygen atoms in total. The second-order valence-corrected chi connectivity index (χ2v) is 6.04. The highest BCUT2D eigenvalue weighted by molar-refractivity contribution is 6.03. The molecule has 6 heteroatoms. The van der Waals surface area contributed by atoms with Crippen molar-refractivity contribution in [3.63, 3.8) is 0 Å². The van der Waals surface area contributed by atoms with Crippen LogP contribution in [0.4, 0.5) is 14.5 Å². The Bertz CT molecular complexity index is 1130. The van der Waals surface area contributed by atoms with Gasteiger partial charge in [0.25, 0.3) is 0 Å². The number of fused-ring (bicyclic) bond motifs is 1. The van der Waals surface area contributed by atoms with Crippen LogP contribution in [-0.4, -0.2) is 10.9 Å². The first-order valence-corrected chi connectivity index (χ1v) is 8.32. The predicted molar refractivity (Wildman–Crippen MR) is 102 cm³/mol. The fourth-order valence-corrected chi connectivity index (χ4v) is 2.74. The van der Waals surface area contributed by atoms with E-state index in [1.165, 1.54) is 18.2 Å². The summed E-state index contributed by atoms with van der Waals surface area (Å²) in [5.74, 6) is -0.130. The van der Waals surface area contributed by atoms with Crippen molar-refractivity contribution in [2.45, 2.75) is 6.92 Å². The minimum absolute atomic E-state index is 0.301. The van der Waals surface area contributed by atoms with Gasteiger partial charge in [0.1, 0.15) is 17.2 Å². The molecule has 0 aliphatic heterocycles. The van der Waals surface area contributed by atoms with Gasteiger partial charge in [-0.05, 0) is 61.0 Å². The van der Waals surface area contributed by atoms with Crippen molar-refractivity contribution in [1.82, 2.24) is 5.16 Å². The Labute approximate surface area is 154 Å². The largest absolute Gasteiger partial charge is 0.355 e. The Morgan fingerprint density at radius 1 is 1.00 bits per heavy atom. The summed E-state index contributed by atoms with van der Waals surface area (Å²) in [7, 11) is 0. The number of rotatable bonds is 4. The molecule has 1 N–H and O–H groups in total. The summed E-state index contributed by atoms with van der Waals surface area (Å²) < 4.78 is 32.3. The van der Waals surface area contributed by atoms with Crippen molar-refractivity contribution in [2.75, 3.05) is 5.43 Å². The normalized spacial score (nSPS) is 11.7. The zero-order valence-corrected chi connectivity index (χ0v) is 14.4. The van der Waals surface area contributed by atoms with Gasteiger partial charge in [-0.15, -0.1) is 0 Å². The molecule has 0 saturated heterocycles. The third-order valence-corrected chi connectivity index (χ3v) is 4.22. The Balaban J connectivity index is 1.68. The topological polar surface area (TPSA) is 50.4 Å². The second-order valence-electron chi connectivity index (χ2n) is 6.04. The molecule has 0 amide bonds. The van der Waals surface area contributed by atoms with Crippen molar-refractivity contribution in [3.05, 3.63) is 83.9 Å². The van der Waals surface area contributed by atoms with Crippen molar-refractivity contribution < 1.29 is 13.3 Å². The molecule has 1 aromatic heterocycles. The molecule has 3 aromatic carbocycles. The number of nitrogens with zero attached hydrogens (tertiary/aromatic N) is 2. The summed E-state index contributed by atoms with van der Waals surface area (Å²) in [5, 5.41) is 9.10. The summed E-state index contributed by atoms with van der Waals surface area (Å²) >= 11 is 0. The summed E-state index contributed by atoms with van der Waals surface area (Å²) in [6, 6.07) is 17.9. The van der Waals surface area contributed by atoms with Crippen LogP contribution in [0.3, 0.4) is 0 Å². The molecule has 0 aliphatic rings. The van der Waals surface area contributed by atoms with E-state index in [0.717, 1.165) is 16.5 Å². The van der Waals surface area contributed by atoms with Crippen LogP contribution in [-0.2, 0) is 0 Å². The molecule has 1 heterocycles. The number of nitrogens with one attached hydrogen (secondary N) is 1. The summed E-state index contributed by atoms with van der Waals surface area (Å²) in [6.07, 6.45) is 0. The molecule has 0 spiro atoms. The van der Waals surface area contributed by atoms with Crippen molar-refractivity contribution >= 4 is 22.3 Å². The highest BCUT2D eigenvalue weighted by atomic mass is 19.1. The van der Waals surface area contributed by atoms with Crippen molar-refractivity contribution in [3.8, 4) is 11.3 Å². The van der Waals surface area contributed by atoms with E-state index in [9.17, 15) is 8.78 Å². The first kappa shape index (κ1) is 16.9. The summed E-state index contributed by atoms with van der Waals surface area (Å²) in [6.45, 7) is 1.82. The smallest absolute Gasteiger partial charge is 0.174 e. The molecular weight excluding hydrogens is 348 g/mol. The first-order chi connectivity index (χ1) is 13.1. The van der Waals surface area contributed by atoms with Gasteiger partial charge in [0, 0.05) is 5.56 Å². The summed E-state index contributed by atoms with van der Waals surface area (Å²) in [4.78, 5) is 0. The van der Waals surface area contributed by atoms with Crippen molar-refractivity contribution in [2.24, 2.45) is 5.10 Å². The van der Waals surface area contributed by atoms with Crippen molar-refractivity contribution in [1.29, 1.82) is 0 Å². The van der Waals surface area contributed by atoms with E-state index in [-0.39, 0.29) is 11.6 Å². The zero-order chi connectivity index (χ0) is 18.8. The Morgan fingerprint density at radius 3 is 2.56 bits per heavy atom. The number of aromatic nitrogens is 1. The minimum Gasteiger partial charge on any atom is -0.355 e. The van der Waals surface area contributed by atoms with E-state index >= 15 is 0 Å². The lowest BCUT2D eigenvalue weighted by atomic mass is 10.0. The van der Waals surface area contributed by atoms with Gasteiger partial charge in [-0.3, -0.25) is 5.43 Å². The van der Waals surface area contributed by atoms with E-state index in [1.54, 1.807) is 30.3 Å². The Morgan fingerprint density at radius 2 is 1.78 bits per heavy atom. The second kappa shape index (κ2) is 6.99. The molecule has 4 aromatic rings. The zero-order valence-electron chi connectivity index (χ0n) is 14.4. The van der Waals surface area contributed by atoms with Gasteiger partial charge >= 0.3 is 0 Å². The summed E-state index contributed by atoms with van der Waals surface area (Å²) in [5.41, 5.74) is 5.96. The molecule has 27 heavy (non-hydrogen) atoms. The highest BCUT2D eigenvalue weighted by Crippen LogP contribution is 2.29.